The van der Waals surface area contributed by atoms with E-state index in [1.54, 1.807) is 7.11 Å². The van der Waals surface area contributed by atoms with Gasteiger partial charge in [-0.25, -0.2) is 4.39 Å². The maximum absolute atomic E-state index is 12.6. The fourth-order valence-corrected chi connectivity index (χ4v) is 1.42. The number of rotatable bonds is 6. The van der Waals surface area contributed by atoms with E-state index in [-0.39, 0.29) is 5.82 Å². The highest BCUT2D eigenvalue weighted by molar-refractivity contribution is 5.16. The Morgan fingerprint density at radius 1 is 1.33 bits per heavy atom. The fourth-order valence-electron chi connectivity index (χ4n) is 1.42. The molecule has 0 amide bonds. The third-order valence-electron chi connectivity index (χ3n) is 2.24. The van der Waals surface area contributed by atoms with Gasteiger partial charge in [0.05, 0.1) is 6.61 Å². The van der Waals surface area contributed by atoms with Crippen molar-refractivity contribution in [3.63, 3.8) is 0 Å². The van der Waals surface area contributed by atoms with Gasteiger partial charge in [-0.15, -0.1) is 0 Å². The fraction of sp³-hybridized carbons (Fsp3) is 0.500. The van der Waals surface area contributed by atoms with Gasteiger partial charge >= 0.3 is 0 Å². The van der Waals surface area contributed by atoms with Crippen LogP contribution in [0.25, 0.3) is 0 Å². The lowest BCUT2D eigenvalue weighted by Crippen LogP contribution is -2.31. The Balaban J connectivity index is 2.22. The van der Waals surface area contributed by atoms with Crippen molar-refractivity contribution in [1.82, 2.24) is 5.32 Å². The maximum atomic E-state index is 12.6. The second kappa shape index (κ2) is 6.53. The molecule has 1 aromatic rings. The highest BCUT2D eigenvalue weighted by atomic mass is 19.1. The first-order valence-electron chi connectivity index (χ1n) is 5.19. The summed E-state index contributed by atoms with van der Waals surface area (Å²) in [5, 5.41) is 3.33. The first kappa shape index (κ1) is 12.1. The summed E-state index contributed by atoms with van der Waals surface area (Å²) in [4.78, 5) is 0. The Morgan fingerprint density at radius 2 is 2.00 bits per heavy atom. The normalized spacial score (nSPS) is 12.7. The number of nitrogens with one attached hydrogen (secondary N) is 1. The molecule has 1 atom stereocenters. The van der Waals surface area contributed by atoms with Crippen molar-refractivity contribution < 1.29 is 9.13 Å². The average Bonchev–Trinajstić information content (AvgIpc) is 2.21. The predicted octanol–water partition coefficient (Wildman–Crippen LogP) is 1.99. The zero-order valence-electron chi connectivity index (χ0n) is 9.29. The molecule has 0 aliphatic heterocycles. The molecule has 0 spiro atoms. The first-order chi connectivity index (χ1) is 7.22. The maximum Gasteiger partial charge on any atom is 0.123 e. The molecule has 3 heteroatoms. The summed E-state index contributed by atoms with van der Waals surface area (Å²) in [7, 11) is 1.69. The third kappa shape index (κ3) is 4.91. The van der Waals surface area contributed by atoms with Crippen LogP contribution in [-0.4, -0.2) is 26.3 Å². The van der Waals surface area contributed by atoms with E-state index in [9.17, 15) is 4.39 Å². The number of hydrogen-bond acceptors (Lipinski definition) is 2. The molecule has 84 valence electrons. The van der Waals surface area contributed by atoms with Gasteiger partial charge in [0, 0.05) is 13.2 Å². The second-order valence-electron chi connectivity index (χ2n) is 3.69. The van der Waals surface area contributed by atoms with Crippen LogP contribution in [0.4, 0.5) is 4.39 Å². The van der Waals surface area contributed by atoms with Gasteiger partial charge in [0.2, 0.25) is 0 Å². The Kier molecular flexibility index (Phi) is 5.29. The molecule has 1 aromatic carbocycles. The largest absolute Gasteiger partial charge is 0.383 e. The van der Waals surface area contributed by atoms with Crippen LogP contribution in [0.2, 0.25) is 0 Å². The van der Waals surface area contributed by atoms with Crippen molar-refractivity contribution in [2.45, 2.75) is 19.4 Å². The lowest BCUT2D eigenvalue weighted by molar-refractivity contribution is 0.172. The summed E-state index contributed by atoms with van der Waals surface area (Å²) in [5.74, 6) is -0.181. The molecule has 0 saturated heterocycles. The molecule has 0 aliphatic rings. The summed E-state index contributed by atoms with van der Waals surface area (Å²) < 4.78 is 17.6. The van der Waals surface area contributed by atoms with E-state index in [0.717, 1.165) is 18.5 Å². The zero-order chi connectivity index (χ0) is 11.1. The van der Waals surface area contributed by atoms with Gasteiger partial charge < -0.3 is 10.1 Å². The van der Waals surface area contributed by atoms with Crippen LogP contribution < -0.4 is 5.32 Å². The van der Waals surface area contributed by atoms with E-state index < -0.39 is 0 Å². The van der Waals surface area contributed by atoms with Crippen LogP contribution in [0.3, 0.4) is 0 Å². The van der Waals surface area contributed by atoms with E-state index in [4.69, 9.17) is 4.74 Å². The van der Waals surface area contributed by atoms with Crippen LogP contribution in [0.15, 0.2) is 24.3 Å². The second-order valence-corrected chi connectivity index (χ2v) is 3.69. The van der Waals surface area contributed by atoms with Gasteiger partial charge in [-0.3, -0.25) is 0 Å². The Bertz CT molecular complexity index is 273. The number of benzene rings is 1. The van der Waals surface area contributed by atoms with E-state index >= 15 is 0 Å². The van der Waals surface area contributed by atoms with Crippen LogP contribution >= 0.6 is 0 Å². The summed E-state index contributed by atoms with van der Waals surface area (Å²) >= 11 is 0. The van der Waals surface area contributed by atoms with Crippen molar-refractivity contribution in [3.8, 4) is 0 Å². The van der Waals surface area contributed by atoms with Crippen LogP contribution in [0.5, 0.6) is 0 Å². The van der Waals surface area contributed by atoms with Gasteiger partial charge in [-0.1, -0.05) is 12.1 Å². The van der Waals surface area contributed by atoms with E-state index in [1.165, 1.54) is 12.1 Å². The molecule has 0 aliphatic carbocycles. The quantitative estimate of drug-likeness (QED) is 0.777. The van der Waals surface area contributed by atoms with Crippen LogP contribution in [-0.2, 0) is 11.2 Å². The topological polar surface area (TPSA) is 21.3 Å². The highest BCUT2D eigenvalue weighted by Gasteiger charge is 1.99. The molecule has 0 heterocycles. The van der Waals surface area contributed by atoms with Crippen molar-refractivity contribution in [3.05, 3.63) is 35.6 Å². The summed E-state index contributed by atoms with van der Waals surface area (Å²) in [6, 6.07) is 6.98. The molecule has 0 bridgehead atoms. The Morgan fingerprint density at radius 3 is 2.60 bits per heavy atom. The highest BCUT2D eigenvalue weighted by Crippen LogP contribution is 2.02. The minimum atomic E-state index is -0.181. The van der Waals surface area contributed by atoms with Gasteiger partial charge in [-0.2, -0.15) is 0 Å². The molecule has 2 nitrogen and oxygen atoms in total. The molecule has 0 unspecified atom stereocenters. The Labute approximate surface area is 90.4 Å². The zero-order valence-corrected chi connectivity index (χ0v) is 9.29. The van der Waals surface area contributed by atoms with Crippen LogP contribution in [0.1, 0.15) is 12.5 Å². The average molecular weight is 211 g/mol. The molecule has 0 saturated carbocycles. The van der Waals surface area contributed by atoms with Gasteiger partial charge in [0.1, 0.15) is 5.82 Å². The minimum Gasteiger partial charge on any atom is -0.383 e. The SMILES string of the molecule is COC[C@@H](C)NCCc1ccc(F)cc1. The molecule has 0 radical (unpaired) electrons. The number of methoxy groups -OCH3 is 1. The van der Waals surface area contributed by atoms with Crippen molar-refractivity contribution >= 4 is 0 Å². The molecule has 1 N–H and O–H groups in total. The van der Waals surface area contributed by atoms with Crippen LogP contribution in [0, 0.1) is 5.82 Å². The summed E-state index contributed by atoms with van der Waals surface area (Å²) in [5.41, 5.74) is 1.15. The van der Waals surface area contributed by atoms with E-state index in [1.807, 2.05) is 12.1 Å². The predicted molar refractivity (Wildman–Crippen MR) is 59.4 cm³/mol. The van der Waals surface area contributed by atoms with Gasteiger partial charge in [-0.05, 0) is 37.6 Å². The molecule has 0 fully saturated rings. The summed E-state index contributed by atoms with van der Waals surface area (Å²) in [6.45, 7) is 3.67. The lowest BCUT2D eigenvalue weighted by Gasteiger charge is -2.12. The molecule has 15 heavy (non-hydrogen) atoms. The lowest BCUT2D eigenvalue weighted by atomic mass is 10.1. The third-order valence-corrected chi connectivity index (χ3v) is 2.24. The van der Waals surface area contributed by atoms with Gasteiger partial charge in [0.15, 0.2) is 0 Å². The number of ether oxygens (including phenoxy) is 1. The standard InChI is InChI=1S/C12H18FNO/c1-10(9-15-2)14-8-7-11-3-5-12(13)6-4-11/h3-6,10,14H,7-9H2,1-2H3/t10-/m1/s1. The monoisotopic (exact) mass is 211 g/mol. The summed E-state index contributed by atoms with van der Waals surface area (Å²) in [6.07, 6.45) is 0.911. The number of hydrogen-bond donors (Lipinski definition) is 1. The van der Waals surface area contributed by atoms with Crippen molar-refractivity contribution in [1.29, 1.82) is 0 Å². The minimum absolute atomic E-state index is 0.181. The van der Waals surface area contributed by atoms with Gasteiger partial charge in [0.25, 0.3) is 0 Å². The molecular formula is C12H18FNO. The molecule has 1 rings (SSSR count). The van der Waals surface area contributed by atoms with Crippen molar-refractivity contribution in [2.24, 2.45) is 0 Å². The molecular weight excluding hydrogens is 193 g/mol. The first-order valence-corrected chi connectivity index (χ1v) is 5.19. The Hall–Kier alpha value is -0.930. The smallest absolute Gasteiger partial charge is 0.123 e. The number of halogens is 1. The van der Waals surface area contributed by atoms with E-state index in [2.05, 4.69) is 12.2 Å². The van der Waals surface area contributed by atoms with Crippen molar-refractivity contribution in [2.75, 3.05) is 20.3 Å². The van der Waals surface area contributed by atoms with E-state index in [0.29, 0.717) is 12.6 Å². The molecule has 0 aromatic heterocycles.